The van der Waals surface area contributed by atoms with Gasteiger partial charge in [-0.25, -0.2) is 9.18 Å². The number of benzene rings is 2. The number of piperidine rings is 3. The van der Waals surface area contributed by atoms with Crippen LogP contribution in [0.5, 0.6) is 0 Å². The van der Waals surface area contributed by atoms with E-state index < -0.39 is 11.7 Å². The molecule has 2 unspecified atom stereocenters. The average molecular weight is 411 g/mol. The lowest BCUT2D eigenvalue weighted by Crippen LogP contribution is -2.48. The molecule has 2 aromatic rings. The van der Waals surface area contributed by atoms with Crippen molar-refractivity contribution >= 4 is 6.09 Å². The molecule has 2 aromatic carbocycles. The average Bonchev–Trinajstić information content (AvgIpc) is 2.78. The molecule has 5 rings (SSSR count). The third-order valence-electron chi connectivity index (χ3n) is 7.17. The molecule has 2 bridgehead atoms. The number of carbonyl (C=O) groups excluding carboxylic acids is 1. The van der Waals surface area contributed by atoms with Crippen LogP contribution in [0.2, 0.25) is 0 Å². The summed E-state index contributed by atoms with van der Waals surface area (Å²) >= 11 is 0. The van der Waals surface area contributed by atoms with Crippen molar-refractivity contribution in [3.8, 4) is 11.1 Å². The van der Waals surface area contributed by atoms with Gasteiger partial charge in [-0.3, -0.25) is 0 Å². The van der Waals surface area contributed by atoms with Crippen molar-refractivity contribution in [2.75, 3.05) is 19.6 Å². The number of primary amides is 1. The van der Waals surface area contributed by atoms with Gasteiger partial charge in [0.1, 0.15) is 11.4 Å². The summed E-state index contributed by atoms with van der Waals surface area (Å²) in [5.74, 6) is 1.20. The van der Waals surface area contributed by atoms with Crippen LogP contribution in [-0.2, 0) is 10.3 Å². The van der Waals surface area contributed by atoms with Crippen LogP contribution in [0.4, 0.5) is 9.18 Å². The minimum Gasteiger partial charge on any atom is -0.438 e. The number of hydrogen-bond acceptors (Lipinski definition) is 3. The fraction of sp³-hybridized carbons (Fsp3) is 0.480. The molecule has 0 spiro atoms. The summed E-state index contributed by atoms with van der Waals surface area (Å²) in [4.78, 5) is 14.4. The van der Waals surface area contributed by atoms with Gasteiger partial charge in [0.25, 0.3) is 0 Å². The van der Waals surface area contributed by atoms with E-state index in [4.69, 9.17) is 10.5 Å². The molecule has 3 heterocycles. The molecule has 0 saturated carbocycles. The molecule has 1 amide bonds. The smallest absolute Gasteiger partial charge is 0.405 e. The minimum atomic E-state index is -0.728. The highest BCUT2D eigenvalue weighted by molar-refractivity contribution is 5.66. The number of nitrogens with two attached hydrogens (primary N) is 1. The van der Waals surface area contributed by atoms with Gasteiger partial charge in [0.2, 0.25) is 0 Å². The summed E-state index contributed by atoms with van der Waals surface area (Å²) in [6, 6.07) is 14.5. The van der Waals surface area contributed by atoms with E-state index >= 15 is 0 Å². The van der Waals surface area contributed by atoms with Crippen LogP contribution in [0.3, 0.4) is 0 Å². The maximum atomic E-state index is 13.2. The third-order valence-corrected chi connectivity index (χ3v) is 7.17. The Bertz CT molecular complexity index is 860. The Kier molecular flexibility index (Phi) is 6.09. The summed E-state index contributed by atoms with van der Waals surface area (Å²) in [5.41, 5.74) is 7.70. The van der Waals surface area contributed by atoms with Gasteiger partial charge in [0.05, 0.1) is 0 Å². The molecule has 0 aliphatic carbocycles. The van der Waals surface area contributed by atoms with E-state index in [0.29, 0.717) is 12.3 Å². The summed E-state index contributed by atoms with van der Waals surface area (Å²) < 4.78 is 19.0. The fourth-order valence-electron chi connectivity index (χ4n) is 5.34. The second-order valence-electron chi connectivity index (χ2n) is 8.79. The summed E-state index contributed by atoms with van der Waals surface area (Å²) in [7, 11) is 0. The topological polar surface area (TPSA) is 55.6 Å². The number of hydrogen-bond donors (Lipinski definition) is 1. The standard InChI is InChI=1S/C25H31FN2O2/c1-2-25(30-24(27)29,14-11-21-17-28-15-12-20(21)13-16-28)22-7-3-18(4-8-22)19-5-9-23(26)10-6-19/h3-10,20-21H,2,11-17H2,1H3,(H2,27,29). The third kappa shape index (κ3) is 4.36. The van der Waals surface area contributed by atoms with Gasteiger partial charge in [-0.05, 0) is 85.9 Å². The number of carbonyl (C=O) groups is 1. The quantitative estimate of drug-likeness (QED) is 0.672. The first kappa shape index (κ1) is 20.9. The summed E-state index contributed by atoms with van der Waals surface area (Å²) in [6.07, 6.45) is 4.32. The second kappa shape index (κ2) is 8.76. The highest BCUT2D eigenvalue weighted by atomic mass is 19.1. The van der Waals surface area contributed by atoms with Crippen LogP contribution in [0.1, 0.15) is 44.6 Å². The van der Waals surface area contributed by atoms with Gasteiger partial charge < -0.3 is 15.4 Å². The van der Waals surface area contributed by atoms with Crippen molar-refractivity contribution in [3.63, 3.8) is 0 Å². The van der Waals surface area contributed by atoms with Gasteiger partial charge in [0.15, 0.2) is 0 Å². The maximum Gasteiger partial charge on any atom is 0.405 e. The molecule has 3 aliphatic heterocycles. The SMILES string of the molecule is CCC(CCC1CN2CCC1CC2)(OC(N)=O)c1ccc(-c2ccc(F)cc2)cc1. The van der Waals surface area contributed by atoms with E-state index in [2.05, 4.69) is 4.90 Å². The van der Waals surface area contributed by atoms with Gasteiger partial charge in [-0.1, -0.05) is 43.3 Å². The molecule has 4 nitrogen and oxygen atoms in total. The number of nitrogens with zero attached hydrogens (tertiary/aromatic N) is 1. The predicted octanol–water partition coefficient (Wildman–Crippen LogP) is 5.32. The van der Waals surface area contributed by atoms with Crippen molar-refractivity contribution in [1.82, 2.24) is 4.90 Å². The van der Waals surface area contributed by atoms with E-state index in [0.717, 1.165) is 42.0 Å². The number of amides is 1. The maximum absolute atomic E-state index is 13.2. The molecular weight excluding hydrogens is 379 g/mol. The largest absolute Gasteiger partial charge is 0.438 e. The lowest BCUT2D eigenvalue weighted by atomic mass is 9.74. The van der Waals surface area contributed by atoms with E-state index in [1.807, 2.05) is 31.2 Å². The monoisotopic (exact) mass is 410 g/mol. The lowest BCUT2D eigenvalue weighted by molar-refractivity contribution is -0.0170. The number of rotatable bonds is 7. The molecule has 160 valence electrons. The Morgan fingerprint density at radius 1 is 1.10 bits per heavy atom. The molecule has 5 heteroatoms. The molecule has 3 aliphatic rings. The fourth-order valence-corrected chi connectivity index (χ4v) is 5.34. The Morgan fingerprint density at radius 2 is 1.70 bits per heavy atom. The van der Waals surface area contributed by atoms with Crippen molar-refractivity contribution < 1.29 is 13.9 Å². The molecule has 3 fully saturated rings. The molecule has 30 heavy (non-hydrogen) atoms. The Hall–Kier alpha value is -2.40. The number of fused-ring (bicyclic) bond motifs is 3. The molecule has 0 radical (unpaired) electrons. The van der Waals surface area contributed by atoms with Gasteiger partial charge in [0, 0.05) is 6.54 Å². The minimum absolute atomic E-state index is 0.247. The Morgan fingerprint density at radius 3 is 2.20 bits per heavy atom. The molecule has 0 aromatic heterocycles. The van der Waals surface area contributed by atoms with Crippen LogP contribution in [0.15, 0.2) is 48.5 Å². The predicted molar refractivity (Wildman–Crippen MR) is 116 cm³/mol. The molecular formula is C25H31FN2O2. The van der Waals surface area contributed by atoms with E-state index in [1.165, 1.54) is 38.1 Å². The van der Waals surface area contributed by atoms with E-state index in [1.54, 1.807) is 12.1 Å². The zero-order valence-electron chi connectivity index (χ0n) is 17.6. The zero-order valence-corrected chi connectivity index (χ0v) is 17.6. The second-order valence-corrected chi connectivity index (χ2v) is 8.79. The first-order valence-electron chi connectivity index (χ1n) is 11.1. The number of ether oxygens (including phenoxy) is 1. The van der Waals surface area contributed by atoms with Gasteiger partial charge in [-0.2, -0.15) is 0 Å². The normalized spacial score (nSPS) is 24.9. The van der Waals surface area contributed by atoms with Crippen molar-refractivity contribution in [1.29, 1.82) is 0 Å². The zero-order chi connectivity index (χ0) is 21.1. The van der Waals surface area contributed by atoms with Crippen LogP contribution >= 0.6 is 0 Å². The van der Waals surface area contributed by atoms with Crippen molar-refractivity contribution in [2.45, 2.75) is 44.6 Å². The molecule has 2 N–H and O–H groups in total. The number of halogens is 1. The highest BCUT2D eigenvalue weighted by Crippen LogP contribution is 2.41. The molecule has 3 saturated heterocycles. The van der Waals surface area contributed by atoms with Crippen LogP contribution in [-0.4, -0.2) is 30.6 Å². The summed E-state index contributed by atoms with van der Waals surface area (Å²) in [6.45, 7) is 5.66. The Labute approximate surface area is 178 Å². The highest BCUT2D eigenvalue weighted by Gasteiger charge is 2.39. The molecule has 2 atom stereocenters. The van der Waals surface area contributed by atoms with E-state index in [-0.39, 0.29) is 5.82 Å². The van der Waals surface area contributed by atoms with Crippen molar-refractivity contribution in [2.24, 2.45) is 17.6 Å². The van der Waals surface area contributed by atoms with Crippen molar-refractivity contribution in [3.05, 3.63) is 59.9 Å². The van der Waals surface area contributed by atoms with Crippen LogP contribution in [0, 0.1) is 17.7 Å². The lowest BCUT2D eigenvalue weighted by Gasteiger charge is -2.46. The van der Waals surface area contributed by atoms with Gasteiger partial charge >= 0.3 is 6.09 Å². The Balaban J connectivity index is 1.54. The van der Waals surface area contributed by atoms with Gasteiger partial charge in [-0.15, -0.1) is 0 Å². The first-order chi connectivity index (χ1) is 14.5. The first-order valence-corrected chi connectivity index (χ1v) is 11.1. The summed E-state index contributed by atoms with van der Waals surface area (Å²) in [5, 5.41) is 0. The van der Waals surface area contributed by atoms with E-state index in [9.17, 15) is 9.18 Å². The van der Waals surface area contributed by atoms with Crippen LogP contribution < -0.4 is 5.73 Å². The van der Waals surface area contributed by atoms with Crippen LogP contribution in [0.25, 0.3) is 11.1 Å².